The van der Waals surface area contributed by atoms with Gasteiger partial charge in [0.2, 0.25) is 35.6 Å². The maximum atomic E-state index is 13.3. The van der Waals surface area contributed by atoms with E-state index in [-0.39, 0.29) is 67.8 Å². The molecule has 2 aromatic rings. The number of carbonyl (C=O) groups is 3. The summed E-state index contributed by atoms with van der Waals surface area (Å²) in [6.45, 7) is 1.83. The summed E-state index contributed by atoms with van der Waals surface area (Å²) in [5.41, 5.74) is 0.762. The zero-order valence-electron chi connectivity index (χ0n) is 23.3. The van der Waals surface area contributed by atoms with Crippen molar-refractivity contribution in [2.75, 3.05) is 79.7 Å². The Bertz CT molecular complexity index is 1260. The normalized spacial score (nSPS) is 19.2. The maximum Gasteiger partial charge on any atom is 0.244 e. The number of hydrogen-bond donors (Lipinski definition) is 6. The molecule has 1 aromatic carbocycles. The molecule has 14 nitrogen and oxygen atoms in total. The minimum atomic E-state index is -0.859. The number of aromatic nitrogens is 3. The lowest BCUT2D eigenvalue weighted by Gasteiger charge is -2.40. The molecule has 1 aromatic heterocycles. The minimum Gasteiger partial charge on any atom is -0.396 e. The van der Waals surface area contributed by atoms with Crippen molar-refractivity contribution in [3.05, 3.63) is 29.3 Å². The summed E-state index contributed by atoms with van der Waals surface area (Å²) in [4.78, 5) is 54.6. The fraction of sp³-hybridized carbons (Fsp3) is 0.538. The molecule has 2 aliphatic rings. The summed E-state index contributed by atoms with van der Waals surface area (Å²) in [5.74, 6) is -0.513. The van der Waals surface area contributed by atoms with E-state index in [2.05, 4.69) is 41.5 Å². The standard InChI is InChI=1S/C26H36Cl2N10O4/c1-29-24-34-25(33-17(7-11-39)14-31-19-5-3-2-4-18(19)28)36-26(35-24)37-9-10-38(21(40)12-27)20(15-37)23(42)32-13-16-6-8-30-22(16)41/h2-5,16-17,20,31,39H,6-15H2,1H3,(H,30,41)(H,32,42)(H2,29,33,34,35,36)/t16?,17-,20?/m0/s1. The van der Waals surface area contributed by atoms with Gasteiger partial charge in [0.15, 0.2) is 0 Å². The predicted molar refractivity (Wildman–Crippen MR) is 161 cm³/mol. The van der Waals surface area contributed by atoms with Gasteiger partial charge >= 0.3 is 0 Å². The summed E-state index contributed by atoms with van der Waals surface area (Å²) < 4.78 is 0. The Balaban J connectivity index is 1.49. The van der Waals surface area contributed by atoms with Gasteiger partial charge in [-0.25, -0.2) is 0 Å². The fourth-order valence-corrected chi connectivity index (χ4v) is 5.19. The number of anilines is 4. The number of nitrogens with one attached hydrogen (secondary N) is 5. The van der Waals surface area contributed by atoms with Crippen LogP contribution in [0.4, 0.5) is 23.5 Å². The van der Waals surface area contributed by atoms with Gasteiger partial charge in [0, 0.05) is 52.4 Å². The van der Waals surface area contributed by atoms with Crippen molar-refractivity contribution >= 4 is 64.5 Å². The van der Waals surface area contributed by atoms with Crippen molar-refractivity contribution in [3.63, 3.8) is 0 Å². The number of aliphatic hydroxyl groups is 1. The quantitative estimate of drug-likeness (QED) is 0.170. The van der Waals surface area contributed by atoms with Crippen molar-refractivity contribution in [2.24, 2.45) is 5.92 Å². The summed E-state index contributed by atoms with van der Waals surface area (Å²) in [6, 6.07) is 6.26. The molecule has 2 fully saturated rings. The highest BCUT2D eigenvalue weighted by atomic mass is 35.5. The van der Waals surface area contributed by atoms with E-state index in [1.807, 2.05) is 18.2 Å². The van der Waals surface area contributed by atoms with Crippen LogP contribution in [0.1, 0.15) is 12.8 Å². The molecule has 0 bridgehead atoms. The van der Waals surface area contributed by atoms with Gasteiger partial charge in [-0.1, -0.05) is 23.7 Å². The molecule has 3 amide bonds. The first-order valence-electron chi connectivity index (χ1n) is 13.8. The van der Waals surface area contributed by atoms with Crippen LogP contribution >= 0.6 is 23.2 Å². The molecule has 0 radical (unpaired) electrons. The Morgan fingerprint density at radius 2 is 1.98 bits per heavy atom. The number of nitrogens with zero attached hydrogens (tertiary/aromatic N) is 5. The molecule has 3 heterocycles. The van der Waals surface area contributed by atoms with E-state index in [1.54, 1.807) is 18.0 Å². The lowest BCUT2D eigenvalue weighted by atomic mass is 10.1. The van der Waals surface area contributed by atoms with Crippen molar-refractivity contribution in [2.45, 2.75) is 24.9 Å². The molecular weight excluding hydrogens is 587 g/mol. The Morgan fingerprint density at radius 3 is 2.67 bits per heavy atom. The number of alkyl halides is 1. The van der Waals surface area contributed by atoms with E-state index in [0.717, 1.165) is 5.69 Å². The van der Waals surface area contributed by atoms with Crippen LogP contribution < -0.4 is 31.5 Å². The number of carbonyl (C=O) groups excluding carboxylic acids is 3. The van der Waals surface area contributed by atoms with Crippen molar-refractivity contribution in [1.29, 1.82) is 0 Å². The predicted octanol–water partition coefficient (Wildman–Crippen LogP) is 0.350. The van der Waals surface area contributed by atoms with E-state index in [9.17, 15) is 19.5 Å². The molecule has 4 rings (SSSR count). The third-order valence-electron chi connectivity index (χ3n) is 7.16. The molecular formula is C26H36Cl2N10O4. The zero-order chi connectivity index (χ0) is 30.1. The second kappa shape index (κ2) is 15.0. The van der Waals surface area contributed by atoms with Gasteiger partial charge < -0.3 is 41.5 Å². The lowest BCUT2D eigenvalue weighted by Crippen LogP contribution is -2.61. The molecule has 6 N–H and O–H groups in total. The van der Waals surface area contributed by atoms with Crippen molar-refractivity contribution in [1.82, 2.24) is 30.5 Å². The highest BCUT2D eigenvalue weighted by molar-refractivity contribution is 6.33. The van der Waals surface area contributed by atoms with Crippen LogP contribution in [0.3, 0.4) is 0 Å². The van der Waals surface area contributed by atoms with Crippen LogP contribution in [0.15, 0.2) is 24.3 Å². The SMILES string of the molecule is CNc1nc(N[C@@H](CCO)CNc2ccccc2Cl)nc(N2CCN(C(=O)CCl)C(C(=O)NCC3CCNC3=O)C2)n1. The molecule has 3 atom stereocenters. The second-order valence-corrected chi connectivity index (χ2v) is 10.6. The Labute approximate surface area is 253 Å². The van der Waals surface area contributed by atoms with Gasteiger partial charge in [-0.3, -0.25) is 14.4 Å². The Morgan fingerprint density at radius 1 is 1.19 bits per heavy atom. The number of para-hydroxylation sites is 1. The molecule has 0 aliphatic carbocycles. The number of rotatable bonds is 13. The number of halogens is 2. The van der Waals surface area contributed by atoms with Crippen LogP contribution in [-0.4, -0.2) is 114 Å². The third kappa shape index (κ3) is 8.01. The van der Waals surface area contributed by atoms with Crippen LogP contribution in [0, 0.1) is 5.92 Å². The molecule has 0 spiro atoms. The van der Waals surface area contributed by atoms with E-state index in [4.69, 9.17) is 23.2 Å². The molecule has 2 unspecified atom stereocenters. The number of benzene rings is 1. The number of amides is 3. The largest absolute Gasteiger partial charge is 0.396 e. The molecule has 0 saturated carbocycles. The number of piperazine rings is 1. The molecule has 42 heavy (non-hydrogen) atoms. The van der Waals surface area contributed by atoms with Crippen LogP contribution in [0.25, 0.3) is 0 Å². The Kier molecular flexibility index (Phi) is 11.2. The van der Waals surface area contributed by atoms with Gasteiger partial charge in [0.25, 0.3) is 0 Å². The topological polar surface area (TPSA) is 177 Å². The monoisotopic (exact) mass is 622 g/mol. The molecule has 2 aliphatic heterocycles. The highest BCUT2D eigenvalue weighted by Crippen LogP contribution is 2.22. The van der Waals surface area contributed by atoms with Crippen LogP contribution in [-0.2, 0) is 14.4 Å². The molecule has 228 valence electrons. The second-order valence-electron chi connectivity index (χ2n) is 9.95. The summed E-state index contributed by atoms with van der Waals surface area (Å²) >= 11 is 12.1. The van der Waals surface area contributed by atoms with Gasteiger partial charge in [0.1, 0.15) is 11.9 Å². The minimum absolute atomic E-state index is 0.0610. The first-order valence-corrected chi connectivity index (χ1v) is 14.7. The van der Waals surface area contributed by atoms with Crippen molar-refractivity contribution < 1.29 is 19.5 Å². The zero-order valence-corrected chi connectivity index (χ0v) is 24.8. The number of aliphatic hydroxyl groups excluding tert-OH is 1. The molecule has 16 heteroatoms. The lowest BCUT2D eigenvalue weighted by molar-refractivity contribution is -0.139. The Hall–Kier alpha value is -3.62. The van der Waals surface area contributed by atoms with Gasteiger partial charge in [-0.15, -0.1) is 11.6 Å². The molecule has 2 saturated heterocycles. The summed E-state index contributed by atoms with van der Waals surface area (Å²) in [5, 5.41) is 25.3. The van der Waals surface area contributed by atoms with E-state index < -0.39 is 6.04 Å². The summed E-state index contributed by atoms with van der Waals surface area (Å²) in [6.07, 6.45) is 1.05. The smallest absolute Gasteiger partial charge is 0.244 e. The van der Waals surface area contributed by atoms with E-state index in [1.165, 1.54) is 4.90 Å². The average Bonchev–Trinajstić information content (AvgIpc) is 3.42. The summed E-state index contributed by atoms with van der Waals surface area (Å²) in [7, 11) is 1.68. The van der Waals surface area contributed by atoms with Crippen LogP contribution in [0.2, 0.25) is 5.02 Å². The van der Waals surface area contributed by atoms with Gasteiger partial charge in [-0.05, 0) is 25.0 Å². The average molecular weight is 624 g/mol. The fourth-order valence-electron chi connectivity index (χ4n) is 4.83. The first-order chi connectivity index (χ1) is 20.3. The van der Waals surface area contributed by atoms with Crippen LogP contribution in [0.5, 0.6) is 0 Å². The van der Waals surface area contributed by atoms with Gasteiger partial charge in [0.05, 0.1) is 23.2 Å². The van der Waals surface area contributed by atoms with Gasteiger partial charge in [-0.2, -0.15) is 15.0 Å². The van der Waals surface area contributed by atoms with Crippen molar-refractivity contribution in [3.8, 4) is 0 Å². The van der Waals surface area contributed by atoms with E-state index in [0.29, 0.717) is 49.4 Å². The first kappa shape index (κ1) is 31.3. The maximum absolute atomic E-state index is 13.3. The highest BCUT2D eigenvalue weighted by Gasteiger charge is 2.37. The third-order valence-corrected chi connectivity index (χ3v) is 7.72. The van der Waals surface area contributed by atoms with E-state index >= 15 is 0 Å². The number of hydrogen-bond acceptors (Lipinski definition) is 11.